The normalized spacial score (nSPS) is 16.6. The van der Waals surface area contributed by atoms with Gasteiger partial charge in [0.15, 0.2) is 0 Å². The Labute approximate surface area is 261 Å². The first-order valence-electron chi connectivity index (χ1n) is 14.2. The number of sulfonamides is 1. The van der Waals surface area contributed by atoms with Crippen LogP contribution in [-0.2, 0) is 30.8 Å². The summed E-state index contributed by atoms with van der Waals surface area (Å²) in [4.78, 5) is 40.5. The number of ether oxygens (including phenoxy) is 1. The lowest BCUT2D eigenvalue weighted by atomic mass is 10.1. The standard InChI is InChI=1S/C31H34ClN5O6S/c1-20-17-23(32)18-21(2)29(20)44(41,42)37-26-6-4-3-5-25(26)35-30(39)27(37)19-28(38)33-12-11-22-7-9-24(10-8-22)34-31(40)36-13-15-43-16-14-36/h3-10,17-18,27H,11-16,19H2,1-2H3,(H,33,38)(H,34,40)(H,35,39). The molecule has 0 aliphatic carbocycles. The third kappa shape index (κ3) is 6.82. The van der Waals surface area contributed by atoms with E-state index in [1.807, 2.05) is 12.1 Å². The maximum atomic E-state index is 14.2. The molecule has 5 rings (SSSR count). The van der Waals surface area contributed by atoms with E-state index in [-0.39, 0.29) is 29.6 Å². The number of hydrogen-bond acceptors (Lipinski definition) is 6. The van der Waals surface area contributed by atoms with Gasteiger partial charge in [0, 0.05) is 30.3 Å². The number of nitrogens with one attached hydrogen (secondary N) is 3. The van der Waals surface area contributed by atoms with Crippen molar-refractivity contribution in [2.75, 3.05) is 47.8 Å². The van der Waals surface area contributed by atoms with Crippen molar-refractivity contribution in [1.82, 2.24) is 10.2 Å². The Morgan fingerprint density at radius 1 is 1.02 bits per heavy atom. The molecule has 1 atom stereocenters. The quantitative estimate of drug-likeness (QED) is 0.340. The molecule has 2 heterocycles. The summed E-state index contributed by atoms with van der Waals surface area (Å²) in [5.74, 6) is -1.06. The van der Waals surface area contributed by atoms with E-state index < -0.39 is 27.9 Å². The van der Waals surface area contributed by atoms with Crippen LogP contribution in [0.3, 0.4) is 0 Å². The first kappa shape index (κ1) is 31.3. The third-order valence-electron chi connectivity index (χ3n) is 7.55. The molecule has 2 aliphatic heterocycles. The Hall–Kier alpha value is -4.13. The molecule has 44 heavy (non-hydrogen) atoms. The Bertz CT molecular complexity index is 1650. The molecule has 232 valence electrons. The van der Waals surface area contributed by atoms with Gasteiger partial charge in [0.05, 0.1) is 35.9 Å². The molecule has 1 unspecified atom stereocenters. The van der Waals surface area contributed by atoms with E-state index in [9.17, 15) is 22.8 Å². The smallest absolute Gasteiger partial charge is 0.321 e. The van der Waals surface area contributed by atoms with Crippen molar-refractivity contribution in [3.05, 3.63) is 82.4 Å². The highest BCUT2D eigenvalue weighted by atomic mass is 35.5. The summed E-state index contributed by atoms with van der Waals surface area (Å²) < 4.78 is 34.6. The second-order valence-corrected chi connectivity index (χ2v) is 12.9. The summed E-state index contributed by atoms with van der Waals surface area (Å²) in [5.41, 5.74) is 3.08. The van der Waals surface area contributed by atoms with Crippen LogP contribution in [0.1, 0.15) is 23.1 Å². The Balaban J connectivity index is 1.25. The monoisotopic (exact) mass is 639 g/mol. The lowest BCUT2D eigenvalue weighted by Crippen LogP contribution is -2.53. The molecule has 1 fully saturated rings. The molecule has 0 spiro atoms. The predicted octanol–water partition coefficient (Wildman–Crippen LogP) is 4.09. The molecule has 1 saturated heterocycles. The van der Waals surface area contributed by atoms with Gasteiger partial charge in [-0.1, -0.05) is 35.9 Å². The number of hydrogen-bond donors (Lipinski definition) is 3. The number of morpholine rings is 1. The third-order valence-corrected chi connectivity index (χ3v) is 9.89. The van der Waals surface area contributed by atoms with Crippen LogP contribution in [0.4, 0.5) is 21.9 Å². The number of fused-ring (bicyclic) bond motifs is 1. The summed E-state index contributed by atoms with van der Waals surface area (Å²) in [5, 5.41) is 8.83. The van der Waals surface area contributed by atoms with Gasteiger partial charge in [0.2, 0.25) is 11.8 Å². The minimum absolute atomic E-state index is 0.0430. The van der Waals surface area contributed by atoms with Crippen LogP contribution < -0.4 is 20.3 Å². The van der Waals surface area contributed by atoms with Crippen molar-refractivity contribution in [1.29, 1.82) is 0 Å². The van der Waals surface area contributed by atoms with E-state index in [2.05, 4.69) is 16.0 Å². The number of urea groups is 1. The number of nitrogens with zero attached hydrogens (tertiary/aromatic N) is 2. The van der Waals surface area contributed by atoms with Crippen molar-refractivity contribution in [3.63, 3.8) is 0 Å². The van der Waals surface area contributed by atoms with E-state index >= 15 is 0 Å². The van der Waals surface area contributed by atoms with Crippen molar-refractivity contribution in [3.8, 4) is 0 Å². The van der Waals surface area contributed by atoms with E-state index in [0.29, 0.717) is 60.2 Å². The zero-order chi connectivity index (χ0) is 31.4. The number of aryl methyl sites for hydroxylation is 2. The largest absolute Gasteiger partial charge is 0.378 e. The average Bonchev–Trinajstić information content (AvgIpc) is 2.98. The van der Waals surface area contributed by atoms with E-state index in [1.165, 1.54) is 0 Å². The molecule has 3 aromatic rings. The number of rotatable bonds is 8. The fourth-order valence-electron chi connectivity index (χ4n) is 5.45. The molecule has 4 amide bonds. The fraction of sp³-hybridized carbons (Fsp3) is 0.323. The Morgan fingerprint density at radius 2 is 1.68 bits per heavy atom. The van der Waals surface area contributed by atoms with Gasteiger partial charge in [-0.2, -0.15) is 0 Å². The molecule has 3 N–H and O–H groups in total. The number of carbonyl (C=O) groups excluding carboxylic acids is 3. The summed E-state index contributed by atoms with van der Waals surface area (Å²) in [6.07, 6.45) is 0.117. The van der Waals surface area contributed by atoms with Crippen LogP contribution in [0.5, 0.6) is 0 Å². The molecule has 0 aromatic heterocycles. The number of carbonyl (C=O) groups is 3. The second kappa shape index (κ2) is 13.2. The SMILES string of the molecule is Cc1cc(Cl)cc(C)c1S(=O)(=O)N1c2ccccc2NC(=O)C1CC(=O)NCCc1ccc(NC(=O)N2CCOCC2)cc1. The summed E-state index contributed by atoms with van der Waals surface area (Å²) >= 11 is 6.16. The fourth-order valence-corrected chi connectivity index (χ4v) is 7.83. The molecule has 0 saturated carbocycles. The zero-order valence-electron chi connectivity index (χ0n) is 24.4. The van der Waals surface area contributed by atoms with Crippen molar-refractivity contribution < 1.29 is 27.5 Å². The molecular weight excluding hydrogens is 606 g/mol. The molecule has 2 aliphatic rings. The van der Waals surface area contributed by atoms with Gasteiger partial charge < -0.3 is 25.6 Å². The molecule has 13 heteroatoms. The first-order valence-corrected chi connectivity index (χ1v) is 16.1. The van der Waals surface area contributed by atoms with Crippen LogP contribution in [-0.4, -0.2) is 70.1 Å². The van der Waals surface area contributed by atoms with Crippen molar-refractivity contribution >= 4 is 56.5 Å². The molecule has 11 nitrogen and oxygen atoms in total. The van der Waals surface area contributed by atoms with Gasteiger partial charge >= 0.3 is 6.03 Å². The zero-order valence-corrected chi connectivity index (χ0v) is 26.0. The molecular formula is C31H34ClN5O6S. The highest BCUT2D eigenvalue weighted by Crippen LogP contribution is 2.39. The highest BCUT2D eigenvalue weighted by molar-refractivity contribution is 7.93. The van der Waals surface area contributed by atoms with E-state index in [4.69, 9.17) is 16.3 Å². The first-order chi connectivity index (χ1) is 21.0. The van der Waals surface area contributed by atoms with E-state index in [1.54, 1.807) is 67.3 Å². The number of anilines is 3. The van der Waals surface area contributed by atoms with Gasteiger partial charge in [-0.3, -0.25) is 13.9 Å². The van der Waals surface area contributed by atoms with Crippen molar-refractivity contribution in [2.24, 2.45) is 0 Å². The van der Waals surface area contributed by atoms with Crippen LogP contribution in [0, 0.1) is 13.8 Å². The van der Waals surface area contributed by atoms with Crippen molar-refractivity contribution in [2.45, 2.75) is 37.6 Å². The number of para-hydroxylation sites is 2. The predicted molar refractivity (Wildman–Crippen MR) is 169 cm³/mol. The summed E-state index contributed by atoms with van der Waals surface area (Å²) in [6, 6.07) is 15.5. The van der Waals surface area contributed by atoms with Gasteiger partial charge in [-0.25, -0.2) is 13.2 Å². The summed E-state index contributed by atoms with van der Waals surface area (Å²) in [7, 11) is -4.27. The lowest BCUT2D eigenvalue weighted by Gasteiger charge is -2.37. The van der Waals surface area contributed by atoms with E-state index in [0.717, 1.165) is 9.87 Å². The van der Waals surface area contributed by atoms with Gasteiger partial charge in [-0.15, -0.1) is 0 Å². The lowest BCUT2D eigenvalue weighted by molar-refractivity contribution is -0.125. The van der Waals surface area contributed by atoms with Gasteiger partial charge in [0.25, 0.3) is 10.0 Å². The highest BCUT2D eigenvalue weighted by Gasteiger charge is 2.43. The van der Waals surface area contributed by atoms with Crippen LogP contribution in [0.2, 0.25) is 5.02 Å². The maximum Gasteiger partial charge on any atom is 0.321 e. The molecule has 0 bridgehead atoms. The molecule has 0 radical (unpaired) electrons. The molecule has 3 aromatic carbocycles. The minimum Gasteiger partial charge on any atom is -0.378 e. The minimum atomic E-state index is -4.27. The van der Waals surface area contributed by atoms with Gasteiger partial charge in [0.1, 0.15) is 6.04 Å². The van der Waals surface area contributed by atoms with Crippen LogP contribution in [0.25, 0.3) is 0 Å². The van der Waals surface area contributed by atoms with Gasteiger partial charge in [-0.05, 0) is 73.4 Å². The Morgan fingerprint density at radius 3 is 2.36 bits per heavy atom. The number of halogens is 1. The number of benzene rings is 3. The Kier molecular flexibility index (Phi) is 9.42. The topological polar surface area (TPSA) is 137 Å². The van der Waals surface area contributed by atoms with Crippen LogP contribution in [0.15, 0.2) is 65.6 Å². The maximum absolute atomic E-state index is 14.2. The van der Waals surface area contributed by atoms with Crippen LogP contribution >= 0.6 is 11.6 Å². The summed E-state index contributed by atoms with van der Waals surface area (Å²) in [6.45, 7) is 5.69. The number of amides is 4. The average molecular weight is 640 g/mol. The second-order valence-electron chi connectivity index (χ2n) is 10.7.